The van der Waals surface area contributed by atoms with Crippen molar-refractivity contribution in [3.05, 3.63) is 34.6 Å². The summed E-state index contributed by atoms with van der Waals surface area (Å²) in [6, 6.07) is 2.09. The molecule has 0 aliphatic rings. The highest BCUT2D eigenvalue weighted by Gasteiger charge is 2.07. The van der Waals surface area contributed by atoms with Gasteiger partial charge in [0.05, 0.1) is 23.9 Å². The van der Waals surface area contributed by atoms with Crippen molar-refractivity contribution in [2.45, 2.75) is 19.5 Å². The molecule has 0 amide bonds. The fourth-order valence-corrected chi connectivity index (χ4v) is 1.78. The molecule has 14 heavy (non-hydrogen) atoms. The van der Waals surface area contributed by atoms with Gasteiger partial charge in [-0.25, -0.2) is 4.98 Å². The molecule has 0 saturated carbocycles. The first kappa shape index (κ1) is 9.36. The number of hydrogen-bond acceptors (Lipinski definition) is 5. The minimum absolute atomic E-state index is 0.242. The van der Waals surface area contributed by atoms with Gasteiger partial charge in [-0.1, -0.05) is 5.16 Å². The number of thiazole rings is 1. The maximum Gasteiger partial charge on any atom is 0.150 e. The summed E-state index contributed by atoms with van der Waals surface area (Å²) in [4.78, 5) is 4.23. The lowest BCUT2D eigenvalue weighted by Crippen LogP contribution is -2.17. The number of rotatable bonds is 4. The molecule has 0 aliphatic carbocycles. The Labute approximate surface area is 86.0 Å². The number of nitrogens with zero attached hydrogens (tertiary/aromatic N) is 2. The molecule has 5 heteroatoms. The van der Waals surface area contributed by atoms with Crippen LogP contribution in [0.5, 0.6) is 0 Å². The van der Waals surface area contributed by atoms with E-state index < -0.39 is 0 Å². The molecule has 4 nitrogen and oxygen atoms in total. The maximum atomic E-state index is 4.97. The molecule has 1 N–H and O–H groups in total. The van der Waals surface area contributed by atoms with Gasteiger partial charge < -0.3 is 9.84 Å². The third-order valence-corrected chi connectivity index (χ3v) is 2.57. The van der Waals surface area contributed by atoms with E-state index in [1.165, 1.54) is 0 Å². The molecule has 0 spiro atoms. The second-order valence-corrected chi connectivity index (χ2v) is 3.71. The molecular weight excluding hydrogens is 198 g/mol. The second-order valence-electron chi connectivity index (χ2n) is 2.99. The average Bonchev–Trinajstić information content (AvgIpc) is 2.87. The van der Waals surface area contributed by atoms with Crippen LogP contribution in [-0.4, -0.2) is 10.1 Å². The molecule has 1 unspecified atom stereocenters. The second kappa shape index (κ2) is 4.34. The highest BCUT2D eigenvalue weighted by Crippen LogP contribution is 2.12. The molecule has 2 aromatic heterocycles. The van der Waals surface area contributed by atoms with E-state index >= 15 is 0 Å². The largest absolute Gasteiger partial charge is 0.360 e. The van der Waals surface area contributed by atoms with Crippen molar-refractivity contribution in [3.8, 4) is 0 Å². The van der Waals surface area contributed by atoms with E-state index in [0.717, 1.165) is 11.5 Å². The van der Waals surface area contributed by atoms with Gasteiger partial charge >= 0.3 is 0 Å². The van der Waals surface area contributed by atoms with Crippen LogP contribution in [0.25, 0.3) is 0 Å². The van der Waals surface area contributed by atoms with E-state index in [9.17, 15) is 0 Å². The summed E-state index contributed by atoms with van der Waals surface area (Å²) in [6.45, 7) is 2.75. The summed E-state index contributed by atoms with van der Waals surface area (Å²) in [5.41, 5.74) is 2.90. The van der Waals surface area contributed by atoms with Crippen molar-refractivity contribution in [2.24, 2.45) is 0 Å². The molecule has 0 aliphatic heterocycles. The molecule has 1 atom stereocenters. The Bertz CT molecular complexity index is 357. The van der Waals surface area contributed by atoms with Crippen LogP contribution in [0.1, 0.15) is 24.4 Å². The van der Waals surface area contributed by atoms with Crippen LogP contribution in [0, 0.1) is 0 Å². The van der Waals surface area contributed by atoms with Gasteiger partial charge in [0.25, 0.3) is 0 Å². The van der Waals surface area contributed by atoms with Crippen molar-refractivity contribution in [1.82, 2.24) is 15.5 Å². The first-order valence-electron chi connectivity index (χ1n) is 4.37. The molecule has 74 valence electrons. The first-order chi connectivity index (χ1) is 6.86. The van der Waals surface area contributed by atoms with Crippen LogP contribution in [0.2, 0.25) is 0 Å². The fraction of sp³-hybridized carbons (Fsp3) is 0.333. The van der Waals surface area contributed by atoms with E-state index in [-0.39, 0.29) is 6.04 Å². The van der Waals surface area contributed by atoms with Crippen molar-refractivity contribution < 1.29 is 4.52 Å². The van der Waals surface area contributed by atoms with Crippen LogP contribution >= 0.6 is 11.3 Å². The van der Waals surface area contributed by atoms with Crippen molar-refractivity contribution in [3.63, 3.8) is 0 Å². The highest BCUT2D eigenvalue weighted by atomic mass is 32.1. The summed E-state index contributed by atoms with van der Waals surface area (Å²) in [6.07, 6.45) is 1.64. The highest BCUT2D eigenvalue weighted by molar-refractivity contribution is 7.07. The van der Waals surface area contributed by atoms with E-state index in [1.54, 1.807) is 17.5 Å². The molecule has 0 saturated heterocycles. The molecule has 2 heterocycles. The molecule has 0 bridgehead atoms. The van der Waals surface area contributed by atoms with Crippen LogP contribution in [0.15, 0.2) is 27.7 Å². The van der Waals surface area contributed by atoms with Gasteiger partial charge in [0.1, 0.15) is 5.76 Å². The number of aromatic nitrogens is 2. The quantitative estimate of drug-likeness (QED) is 0.836. The predicted molar refractivity (Wildman–Crippen MR) is 53.9 cm³/mol. The molecule has 0 radical (unpaired) electrons. The monoisotopic (exact) mass is 209 g/mol. The van der Waals surface area contributed by atoms with E-state index in [2.05, 4.69) is 22.4 Å². The zero-order valence-electron chi connectivity index (χ0n) is 7.80. The number of hydrogen-bond donors (Lipinski definition) is 1. The Kier molecular flexibility index (Phi) is 2.90. The van der Waals surface area contributed by atoms with Crippen molar-refractivity contribution in [1.29, 1.82) is 0 Å². The van der Waals surface area contributed by atoms with E-state index in [1.807, 2.05) is 17.0 Å². The Morgan fingerprint density at radius 3 is 3.21 bits per heavy atom. The standard InChI is InChI=1S/C9H11N3OS/c1-7(9-5-14-6-11-9)10-4-8-2-3-12-13-8/h2-3,5-7,10H,4H2,1H3. The molecular formula is C9H11N3OS. The third kappa shape index (κ3) is 2.18. The van der Waals surface area contributed by atoms with Gasteiger partial charge in [-0.05, 0) is 6.92 Å². The van der Waals surface area contributed by atoms with Crippen LogP contribution in [0.3, 0.4) is 0 Å². The smallest absolute Gasteiger partial charge is 0.150 e. The zero-order chi connectivity index (χ0) is 9.80. The summed E-state index contributed by atoms with van der Waals surface area (Å²) >= 11 is 1.60. The molecule has 2 rings (SSSR count). The van der Waals surface area contributed by atoms with Crippen molar-refractivity contribution in [2.75, 3.05) is 0 Å². The summed E-state index contributed by atoms with van der Waals surface area (Å²) in [7, 11) is 0. The van der Waals surface area contributed by atoms with Gasteiger partial charge in [-0.3, -0.25) is 0 Å². The van der Waals surface area contributed by atoms with Gasteiger partial charge in [-0.15, -0.1) is 11.3 Å². The van der Waals surface area contributed by atoms with Crippen LogP contribution < -0.4 is 5.32 Å². The average molecular weight is 209 g/mol. The molecule has 2 aromatic rings. The van der Waals surface area contributed by atoms with Crippen molar-refractivity contribution >= 4 is 11.3 Å². The van der Waals surface area contributed by atoms with E-state index in [0.29, 0.717) is 6.54 Å². The Morgan fingerprint density at radius 2 is 2.57 bits per heavy atom. The Morgan fingerprint density at radius 1 is 1.64 bits per heavy atom. The minimum Gasteiger partial charge on any atom is -0.360 e. The Hall–Kier alpha value is -1.20. The summed E-state index contributed by atoms with van der Waals surface area (Å²) in [5.74, 6) is 0.840. The maximum absolute atomic E-state index is 4.97. The third-order valence-electron chi connectivity index (χ3n) is 1.97. The normalized spacial score (nSPS) is 12.9. The van der Waals surface area contributed by atoms with Gasteiger partial charge in [0.15, 0.2) is 0 Å². The Balaban J connectivity index is 1.87. The van der Waals surface area contributed by atoms with Gasteiger partial charge in [0, 0.05) is 17.5 Å². The fourth-order valence-electron chi connectivity index (χ4n) is 1.13. The zero-order valence-corrected chi connectivity index (χ0v) is 8.62. The summed E-state index contributed by atoms with van der Waals surface area (Å²) in [5, 5.41) is 8.97. The minimum atomic E-state index is 0.242. The van der Waals surface area contributed by atoms with Crippen LogP contribution in [-0.2, 0) is 6.54 Å². The number of nitrogens with one attached hydrogen (secondary N) is 1. The molecule has 0 aromatic carbocycles. The molecule has 0 fully saturated rings. The first-order valence-corrected chi connectivity index (χ1v) is 5.31. The topological polar surface area (TPSA) is 51.0 Å². The lowest BCUT2D eigenvalue weighted by atomic mass is 10.2. The van der Waals surface area contributed by atoms with Gasteiger partial charge in [0.2, 0.25) is 0 Å². The summed E-state index contributed by atoms with van der Waals surface area (Å²) < 4.78 is 4.97. The van der Waals surface area contributed by atoms with E-state index in [4.69, 9.17) is 4.52 Å². The predicted octanol–water partition coefficient (Wildman–Crippen LogP) is 1.98. The van der Waals surface area contributed by atoms with Gasteiger partial charge in [-0.2, -0.15) is 0 Å². The lowest BCUT2D eigenvalue weighted by molar-refractivity contribution is 0.365. The SMILES string of the molecule is CC(NCc1ccno1)c1cscn1. The van der Waals surface area contributed by atoms with Crippen LogP contribution in [0.4, 0.5) is 0 Å². The lowest BCUT2D eigenvalue weighted by Gasteiger charge is -2.08.